The fourth-order valence-electron chi connectivity index (χ4n) is 1.21. The van der Waals surface area contributed by atoms with E-state index in [-0.39, 0.29) is 5.82 Å². The summed E-state index contributed by atoms with van der Waals surface area (Å²) in [6.45, 7) is 0. The van der Waals surface area contributed by atoms with Gasteiger partial charge in [-0.15, -0.1) is 0 Å². The molecule has 2 amide bonds. The lowest BCUT2D eigenvalue weighted by Gasteiger charge is -2.11. The summed E-state index contributed by atoms with van der Waals surface area (Å²) in [5.41, 5.74) is 0.380. The zero-order valence-corrected chi connectivity index (χ0v) is 7.54. The third kappa shape index (κ3) is 1.48. The molecule has 1 aromatic heterocycles. The van der Waals surface area contributed by atoms with Crippen LogP contribution in [-0.4, -0.2) is 16.8 Å². The molecule has 0 radical (unpaired) electrons. The molecule has 5 nitrogen and oxygen atoms in total. The third-order valence-electron chi connectivity index (χ3n) is 1.92. The molecule has 0 bridgehead atoms. The number of amides is 2. The van der Waals surface area contributed by atoms with E-state index >= 15 is 0 Å². The quantitative estimate of drug-likeness (QED) is 0.613. The van der Waals surface area contributed by atoms with Gasteiger partial charge in [0.25, 0.3) is 11.8 Å². The van der Waals surface area contributed by atoms with Gasteiger partial charge in [0.15, 0.2) is 0 Å². The molecule has 1 aliphatic heterocycles. The number of aromatic nitrogens is 1. The Kier molecular flexibility index (Phi) is 2.03. The summed E-state index contributed by atoms with van der Waals surface area (Å²) in [6.07, 6.45) is 3.68. The van der Waals surface area contributed by atoms with Crippen molar-refractivity contribution in [3.8, 4) is 6.07 Å². The Hall–Kier alpha value is -2.48. The normalized spacial score (nSPS) is 14.5. The van der Waals surface area contributed by atoms with Gasteiger partial charge in [-0.05, 0) is 12.1 Å². The van der Waals surface area contributed by atoms with Gasteiger partial charge in [0.1, 0.15) is 11.9 Å². The standard InChI is InChI=1S/C10H5N3O2/c11-5-7-1-2-8(12-6-7)13-9(14)3-4-10(13)15/h1-4,6H. The largest absolute Gasteiger partial charge is 0.269 e. The van der Waals surface area contributed by atoms with E-state index in [0.717, 1.165) is 4.90 Å². The molecule has 5 heteroatoms. The van der Waals surface area contributed by atoms with Crippen molar-refractivity contribution in [3.63, 3.8) is 0 Å². The maximum absolute atomic E-state index is 11.3. The van der Waals surface area contributed by atoms with E-state index in [2.05, 4.69) is 4.98 Å². The van der Waals surface area contributed by atoms with E-state index in [9.17, 15) is 9.59 Å². The number of carbonyl (C=O) groups excluding carboxylic acids is 2. The summed E-state index contributed by atoms with van der Waals surface area (Å²) in [5.74, 6) is -0.608. The number of nitrogens with zero attached hydrogens (tertiary/aromatic N) is 3. The van der Waals surface area contributed by atoms with Crippen molar-refractivity contribution in [2.75, 3.05) is 4.90 Å². The van der Waals surface area contributed by atoms with Crippen molar-refractivity contribution >= 4 is 17.6 Å². The van der Waals surface area contributed by atoms with Crippen LogP contribution in [-0.2, 0) is 9.59 Å². The van der Waals surface area contributed by atoms with Gasteiger partial charge < -0.3 is 0 Å². The molecule has 1 aromatic rings. The Morgan fingerprint density at radius 1 is 1.20 bits per heavy atom. The second-order valence-electron chi connectivity index (χ2n) is 2.86. The molecule has 0 N–H and O–H groups in total. The molecule has 0 atom stereocenters. The van der Waals surface area contributed by atoms with Crippen LogP contribution in [0.1, 0.15) is 5.56 Å². The zero-order valence-electron chi connectivity index (χ0n) is 7.54. The van der Waals surface area contributed by atoms with Crippen LogP contribution in [0.5, 0.6) is 0 Å². The zero-order chi connectivity index (χ0) is 10.8. The van der Waals surface area contributed by atoms with Gasteiger partial charge >= 0.3 is 0 Å². The van der Waals surface area contributed by atoms with Crippen molar-refractivity contribution in [2.45, 2.75) is 0 Å². The molecule has 0 spiro atoms. The summed E-state index contributed by atoms with van der Waals surface area (Å²) in [6, 6.07) is 4.86. The smallest absolute Gasteiger partial charge is 0.259 e. The molecular weight excluding hydrogens is 194 g/mol. The minimum Gasteiger partial charge on any atom is -0.269 e. The summed E-state index contributed by atoms with van der Waals surface area (Å²) in [7, 11) is 0. The van der Waals surface area contributed by atoms with Crippen LogP contribution in [0.25, 0.3) is 0 Å². The Morgan fingerprint density at radius 2 is 1.87 bits per heavy atom. The van der Waals surface area contributed by atoms with Crippen LogP contribution in [0.4, 0.5) is 5.82 Å². The highest BCUT2D eigenvalue weighted by Crippen LogP contribution is 2.15. The van der Waals surface area contributed by atoms with Crippen molar-refractivity contribution in [1.29, 1.82) is 5.26 Å². The Morgan fingerprint density at radius 3 is 2.33 bits per heavy atom. The van der Waals surface area contributed by atoms with Crippen LogP contribution in [0, 0.1) is 11.3 Å². The van der Waals surface area contributed by atoms with E-state index in [0.29, 0.717) is 5.56 Å². The SMILES string of the molecule is N#Cc1ccc(N2C(=O)C=CC2=O)nc1. The van der Waals surface area contributed by atoms with Crippen LogP contribution in [0.15, 0.2) is 30.5 Å². The average molecular weight is 199 g/mol. The van der Waals surface area contributed by atoms with Crippen molar-refractivity contribution in [1.82, 2.24) is 4.98 Å². The predicted molar refractivity (Wildman–Crippen MR) is 50.6 cm³/mol. The second kappa shape index (κ2) is 3.35. The number of carbonyl (C=O) groups is 2. The van der Waals surface area contributed by atoms with Crippen molar-refractivity contribution in [2.24, 2.45) is 0 Å². The first-order valence-electron chi connectivity index (χ1n) is 4.14. The molecule has 2 heterocycles. The van der Waals surface area contributed by atoms with Gasteiger partial charge in [0, 0.05) is 18.3 Å². The minimum absolute atomic E-state index is 0.231. The molecule has 0 saturated carbocycles. The monoisotopic (exact) mass is 199 g/mol. The average Bonchev–Trinajstić information content (AvgIpc) is 2.59. The number of imide groups is 1. The first-order chi connectivity index (χ1) is 7.22. The predicted octanol–water partition coefficient (Wildman–Crippen LogP) is 0.383. The molecule has 0 fully saturated rings. The number of rotatable bonds is 1. The lowest BCUT2D eigenvalue weighted by molar-refractivity contribution is -0.120. The van der Waals surface area contributed by atoms with Gasteiger partial charge in [-0.1, -0.05) is 0 Å². The highest BCUT2D eigenvalue weighted by atomic mass is 16.2. The fraction of sp³-hybridized carbons (Fsp3) is 0. The van der Waals surface area contributed by atoms with Gasteiger partial charge in [0.05, 0.1) is 5.56 Å². The molecule has 72 valence electrons. The van der Waals surface area contributed by atoms with Crippen LogP contribution >= 0.6 is 0 Å². The van der Waals surface area contributed by atoms with E-state index in [1.165, 1.54) is 30.5 Å². The summed E-state index contributed by atoms with van der Waals surface area (Å²) < 4.78 is 0. The number of anilines is 1. The highest BCUT2D eigenvalue weighted by molar-refractivity contribution is 6.27. The number of hydrogen-bond acceptors (Lipinski definition) is 4. The molecule has 1 aliphatic rings. The van der Waals surface area contributed by atoms with E-state index in [1.807, 2.05) is 6.07 Å². The third-order valence-corrected chi connectivity index (χ3v) is 1.92. The Bertz CT molecular complexity index is 478. The maximum Gasteiger partial charge on any atom is 0.259 e. The van der Waals surface area contributed by atoms with E-state index in [1.54, 1.807) is 0 Å². The number of nitriles is 1. The highest BCUT2D eigenvalue weighted by Gasteiger charge is 2.25. The van der Waals surface area contributed by atoms with Crippen LogP contribution in [0.2, 0.25) is 0 Å². The van der Waals surface area contributed by atoms with Crippen molar-refractivity contribution in [3.05, 3.63) is 36.0 Å². The molecular formula is C10H5N3O2. The molecule has 0 aromatic carbocycles. The van der Waals surface area contributed by atoms with Crippen molar-refractivity contribution < 1.29 is 9.59 Å². The van der Waals surface area contributed by atoms with Crippen LogP contribution in [0.3, 0.4) is 0 Å². The van der Waals surface area contributed by atoms with Gasteiger partial charge in [-0.2, -0.15) is 5.26 Å². The van der Waals surface area contributed by atoms with Gasteiger partial charge in [0.2, 0.25) is 0 Å². The second-order valence-corrected chi connectivity index (χ2v) is 2.86. The molecule has 0 aliphatic carbocycles. The molecule has 0 saturated heterocycles. The topological polar surface area (TPSA) is 74.1 Å². The van der Waals surface area contributed by atoms with Gasteiger partial charge in [-0.3, -0.25) is 9.59 Å². The van der Waals surface area contributed by atoms with E-state index in [4.69, 9.17) is 5.26 Å². The number of hydrogen-bond donors (Lipinski definition) is 0. The summed E-state index contributed by atoms with van der Waals surface area (Å²) in [5, 5.41) is 8.55. The first kappa shape index (κ1) is 9.09. The summed E-state index contributed by atoms with van der Waals surface area (Å²) >= 11 is 0. The Labute approximate surface area is 85.3 Å². The first-order valence-corrected chi connectivity index (χ1v) is 4.14. The Balaban J connectivity index is 2.35. The molecule has 15 heavy (non-hydrogen) atoms. The lowest BCUT2D eigenvalue weighted by Crippen LogP contribution is -2.30. The number of pyridine rings is 1. The minimum atomic E-state index is -0.419. The summed E-state index contributed by atoms with van der Waals surface area (Å²) in [4.78, 5) is 27.3. The maximum atomic E-state index is 11.3. The fourth-order valence-corrected chi connectivity index (χ4v) is 1.21. The molecule has 2 rings (SSSR count). The van der Waals surface area contributed by atoms with Gasteiger partial charge in [-0.25, -0.2) is 9.88 Å². The van der Waals surface area contributed by atoms with E-state index < -0.39 is 11.8 Å². The lowest BCUT2D eigenvalue weighted by atomic mass is 10.3. The molecule has 0 unspecified atom stereocenters. The van der Waals surface area contributed by atoms with Crippen LogP contribution < -0.4 is 4.90 Å².